The second kappa shape index (κ2) is 8.88. The average molecular weight is 392 g/mol. The molecule has 0 radical (unpaired) electrons. The van der Waals surface area contributed by atoms with Gasteiger partial charge >= 0.3 is 12.1 Å². The first-order valence-electron chi connectivity index (χ1n) is 8.84. The van der Waals surface area contributed by atoms with E-state index in [0.717, 1.165) is 11.1 Å². The first-order chi connectivity index (χ1) is 14.0. The van der Waals surface area contributed by atoms with Gasteiger partial charge in [-0.1, -0.05) is 42.5 Å². The van der Waals surface area contributed by atoms with Crippen molar-refractivity contribution in [2.24, 2.45) is 0 Å². The van der Waals surface area contributed by atoms with Crippen LogP contribution >= 0.6 is 0 Å². The molecule has 2 aromatic carbocycles. The summed E-state index contributed by atoms with van der Waals surface area (Å²) in [4.78, 5) is 27.9. The molecule has 29 heavy (non-hydrogen) atoms. The number of rotatable bonds is 6. The number of carboxylic acid groups (broad SMARTS) is 1. The molecule has 1 heterocycles. The molecule has 0 unspecified atom stereocenters. The normalized spacial score (nSPS) is 10.3. The van der Waals surface area contributed by atoms with Gasteiger partial charge in [-0.2, -0.15) is 0 Å². The fourth-order valence-corrected chi connectivity index (χ4v) is 2.72. The highest BCUT2D eigenvalue weighted by atomic mass is 16.5. The van der Waals surface area contributed by atoms with E-state index in [2.05, 4.69) is 10.3 Å². The number of aromatic carboxylic acids is 1. The Labute approximate surface area is 167 Å². The number of hydrogen-bond donors (Lipinski definition) is 2. The van der Waals surface area contributed by atoms with E-state index in [9.17, 15) is 14.7 Å². The smallest absolute Gasteiger partial charge is 0.411 e. The SMILES string of the molecule is COc1cc(C(=O)O)nc(-c2ccc(C)cc2NC(=O)OCc2ccccc2)c1. The fraction of sp³-hybridized carbons (Fsp3) is 0.136. The molecule has 7 nitrogen and oxygen atoms in total. The van der Waals surface area contributed by atoms with Crippen molar-refractivity contribution < 1.29 is 24.2 Å². The molecule has 0 spiro atoms. The maximum Gasteiger partial charge on any atom is 0.411 e. The van der Waals surface area contributed by atoms with Crippen molar-refractivity contribution in [1.29, 1.82) is 0 Å². The molecule has 0 aliphatic carbocycles. The summed E-state index contributed by atoms with van der Waals surface area (Å²) in [6, 6.07) is 17.6. The van der Waals surface area contributed by atoms with Crippen LogP contribution in [-0.4, -0.2) is 29.3 Å². The fourth-order valence-electron chi connectivity index (χ4n) is 2.72. The topological polar surface area (TPSA) is 97.8 Å². The first kappa shape index (κ1) is 19.9. The lowest BCUT2D eigenvalue weighted by Gasteiger charge is -2.13. The zero-order valence-electron chi connectivity index (χ0n) is 16.0. The number of nitrogens with zero attached hydrogens (tertiary/aromatic N) is 1. The summed E-state index contributed by atoms with van der Waals surface area (Å²) in [7, 11) is 1.44. The number of nitrogens with one attached hydrogen (secondary N) is 1. The summed E-state index contributed by atoms with van der Waals surface area (Å²) < 4.78 is 10.5. The van der Waals surface area contributed by atoms with E-state index < -0.39 is 12.1 Å². The quantitative estimate of drug-likeness (QED) is 0.640. The summed E-state index contributed by atoms with van der Waals surface area (Å²) in [5.74, 6) is -0.820. The number of carbonyl (C=O) groups excluding carboxylic acids is 1. The van der Waals surface area contributed by atoms with Crippen molar-refractivity contribution in [2.45, 2.75) is 13.5 Å². The number of ether oxygens (including phenoxy) is 2. The summed E-state index contributed by atoms with van der Waals surface area (Å²) in [5, 5.41) is 12.0. The zero-order valence-corrected chi connectivity index (χ0v) is 16.0. The number of anilines is 1. The molecule has 0 bridgehead atoms. The van der Waals surface area contributed by atoms with Crippen molar-refractivity contribution in [1.82, 2.24) is 4.98 Å². The number of aryl methyl sites for hydroxylation is 1. The van der Waals surface area contributed by atoms with Gasteiger partial charge in [0, 0.05) is 17.7 Å². The Morgan fingerprint density at radius 2 is 1.83 bits per heavy atom. The van der Waals surface area contributed by atoms with E-state index in [-0.39, 0.29) is 12.3 Å². The van der Waals surface area contributed by atoms with Crippen molar-refractivity contribution in [3.8, 4) is 17.0 Å². The lowest BCUT2D eigenvalue weighted by molar-refractivity contribution is 0.0690. The van der Waals surface area contributed by atoms with Gasteiger partial charge in [0.15, 0.2) is 5.69 Å². The van der Waals surface area contributed by atoms with E-state index in [4.69, 9.17) is 9.47 Å². The lowest BCUT2D eigenvalue weighted by atomic mass is 10.1. The van der Waals surface area contributed by atoms with Crippen LogP contribution in [0.5, 0.6) is 5.75 Å². The summed E-state index contributed by atoms with van der Waals surface area (Å²) >= 11 is 0. The maximum atomic E-state index is 12.3. The van der Waals surface area contributed by atoms with E-state index in [1.807, 2.05) is 43.3 Å². The Hall–Kier alpha value is -3.87. The van der Waals surface area contributed by atoms with E-state index >= 15 is 0 Å². The molecule has 3 aromatic rings. The van der Waals surface area contributed by atoms with Crippen LogP contribution in [0, 0.1) is 6.92 Å². The van der Waals surface area contributed by atoms with E-state index in [0.29, 0.717) is 22.7 Å². The Morgan fingerprint density at radius 3 is 2.52 bits per heavy atom. The Morgan fingerprint density at radius 1 is 1.07 bits per heavy atom. The second-order valence-electron chi connectivity index (χ2n) is 6.32. The highest BCUT2D eigenvalue weighted by molar-refractivity contribution is 5.92. The molecule has 0 atom stereocenters. The molecule has 1 aromatic heterocycles. The Balaban J connectivity index is 1.87. The number of carbonyl (C=O) groups is 2. The van der Waals surface area contributed by atoms with Gasteiger partial charge in [0.1, 0.15) is 12.4 Å². The third-order valence-electron chi connectivity index (χ3n) is 4.15. The van der Waals surface area contributed by atoms with Gasteiger partial charge in [0.05, 0.1) is 18.5 Å². The van der Waals surface area contributed by atoms with Crippen molar-refractivity contribution in [3.63, 3.8) is 0 Å². The number of benzene rings is 2. The minimum Gasteiger partial charge on any atom is -0.497 e. The van der Waals surface area contributed by atoms with Crippen molar-refractivity contribution >= 4 is 17.7 Å². The Bertz CT molecular complexity index is 1030. The second-order valence-corrected chi connectivity index (χ2v) is 6.32. The van der Waals surface area contributed by atoms with Crippen LogP contribution in [0.2, 0.25) is 0 Å². The molecule has 7 heteroatoms. The van der Waals surface area contributed by atoms with Crippen LogP contribution in [-0.2, 0) is 11.3 Å². The van der Waals surface area contributed by atoms with Crippen molar-refractivity contribution in [3.05, 3.63) is 77.5 Å². The molecular weight excluding hydrogens is 372 g/mol. The first-order valence-corrected chi connectivity index (χ1v) is 8.84. The van der Waals surface area contributed by atoms with Gasteiger partial charge in [-0.3, -0.25) is 5.32 Å². The number of carboxylic acids is 1. The minimum atomic E-state index is -1.17. The highest BCUT2D eigenvalue weighted by Crippen LogP contribution is 2.30. The monoisotopic (exact) mass is 392 g/mol. The van der Waals surface area contributed by atoms with Crippen LogP contribution in [0.25, 0.3) is 11.3 Å². The van der Waals surface area contributed by atoms with E-state index in [1.54, 1.807) is 18.2 Å². The van der Waals surface area contributed by atoms with Gasteiger partial charge in [-0.15, -0.1) is 0 Å². The van der Waals surface area contributed by atoms with Gasteiger partial charge in [0.2, 0.25) is 0 Å². The average Bonchev–Trinajstić information content (AvgIpc) is 2.72. The van der Waals surface area contributed by atoms with Crippen LogP contribution in [0.15, 0.2) is 60.7 Å². The largest absolute Gasteiger partial charge is 0.497 e. The predicted octanol–water partition coefficient (Wildman–Crippen LogP) is 4.51. The number of amides is 1. The van der Waals surface area contributed by atoms with Gasteiger partial charge in [-0.25, -0.2) is 14.6 Å². The third kappa shape index (κ3) is 5.10. The van der Waals surface area contributed by atoms with Crippen molar-refractivity contribution in [2.75, 3.05) is 12.4 Å². The maximum absolute atomic E-state index is 12.3. The standard InChI is InChI=1S/C22H20N2O5/c1-14-8-9-17(19-11-16(28-2)12-20(23-19)21(25)26)18(10-14)24-22(27)29-13-15-6-4-3-5-7-15/h3-12H,13H2,1-2H3,(H,24,27)(H,25,26). The lowest BCUT2D eigenvalue weighted by Crippen LogP contribution is -2.14. The highest BCUT2D eigenvalue weighted by Gasteiger charge is 2.15. The number of hydrogen-bond acceptors (Lipinski definition) is 5. The minimum absolute atomic E-state index is 0.133. The van der Waals surface area contributed by atoms with Gasteiger partial charge in [-0.05, 0) is 24.1 Å². The third-order valence-corrected chi connectivity index (χ3v) is 4.15. The number of aromatic nitrogens is 1. The summed E-state index contributed by atoms with van der Waals surface area (Å²) in [6.07, 6.45) is -0.623. The van der Waals surface area contributed by atoms with Gasteiger partial charge in [0.25, 0.3) is 0 Å². The van der Waals surface area contributed by atoms with Crippen LogP contribution in [0.4, 0.5) is 10.5 Å². The molecule has 0 aliphatic rings. The molecule has 148 valence electrons. The summed E-state index contributed by atoms with van der Waals surface area (Å²) in [5.41, 5.74) is 2.99. The molecular formula is C22H20N2O5. The molecule has 1 amide bonds. The van der Waals surface area contributed by atoms with Crippen LogP contribution < -0.4 is 10.1 Å². The van der Waals surface area contributed by atoms with Crippen LogP contribution in [0.1, 0.15) is 21.6 Å². The number of methoxy groups -OCH3 is 1. The zero-order chi connectivity index (χ0) is 20.8. The molecule has 0 saturated carbocycles. The van der Waals surface area contributed by atoms with Crippen LogP contribution in [0.3, 0.4) is 0 Å². The number of pyridine rings is 1. The molecule has 0 aliphatic heterocycles. The molecule has 3 rings (SSSR count). The Kier molecular flexibility index (Phi) is 6.09. The summed E-state index contributed by atoms with van der Waals surface area (Å²) in [6.45, 7) is 2.01. The van der Waals surface area contributed by atoms with E-state index in [1.165, 1.54) is 13.2 Å². The molecule has 0 fully saturated rings. The molecule has 0 saturated heterocycles. The van der Waals surface area contributed by atoms with Gasteiger partial charge < -0.3 is 14.6 Å². The predicted molar refractivity (Wildman–Crippen MR) is 108 cm³/mol. The molecule has 2 N–H and O–H groups in total.